The average Bonchev–Trinajstić information content (AvgIpc) is 2.81. The van der Waals surface area contributed by atoms with Crippen molar-refractivity contribution in [1.29, 1.82) is 0 Å². The summed E-state index contributed by atoms with van der Waals surface area (Å²) < 4.78 is 15.4. The van der Waals surface area contributed by atoms with Crippen LogP contribution in [0, 0.1) is 19.7 Å². The van der Waals surface area contributed by atoms with Crippen molar-refractivity contribution < 1.29 is 14.0 Å². The predicted octanol–water partition coefficient (Wildman–Crippen LogP) is 5.25. The second kappa shape index (κ2) is 10.5. The van der Waals surface area contributed by atoms with Gasteiger partial charge in [0.25, 0.3) is 11.5 Å². The molecule has 0 aliphatic carbocycles. The fourth-order valence-electron chi connectivity index (χ4n) is 3.93. The third-order valence-corrected chi connectivity index (χ3v) is 6.54. The molecule has 6 nitrogen and oxygen atoms in total. The normalized spacial score (nSPS) is 11.2. The summed E-state index contributed by atoms with van der Waals surface area (Å²) in [5.74, 6) is -0.850. The molecule has 1 heterocycles. The Kier molecular flexibility index (Phi) is 7.35. The van der Waals surface area contributed by atoms with Gasteiger partial charge in [-0.15, -0.1) is 0 Å². The zero-order valence-electron chi connectivity index (χ0n) is 20.5. The highest BCUT2D eigenvalue weighted by molar-refractivity contribution is 7.99. The maximum Gasteiger partial charge on any atom is 0.266 e. The van der Waals surface area contributed by atoms with Gasteiger partial charge in [-0.1, -0.05) is 41.6 Å². The number of aromatic nitrogens is 2. The van der Waals surface area contributed by atoms with E-state index in [0.717, 1.165) is 22.9 Å². The van der Waals surface area contributed by atoms with Gasteiger partial charge in [-0.3, -0.25) is 19.0 Å². The summed E-state index contributed by atoms with van der Waals surface area (Å²) in [4.78, 5) is 43.7. The number of nitrogens with one attached hydrogen (secondary N) is 1. The molecule has 184 valence electrons. The molecule has 0 atom stereocenters. The van der Waals surface area contributed by atoms with Crippen molar-refractivity contribution in [2.75, 3.05) is 5.75 Å². The lowest BCUT2D eigenvalue weighted by atomic mass is 10.0. The van der Waals surface area contributed by atoms with Gasteiger partial charge in [0.2, 0.25) is 0 Å². The van der Waals surface area contributed by atoms with Gasteiger partial charge in [-0.05, 0) is 69.7 Å². The van der Waals surface area contributed by atoms with Crippen molar-refractivity contribution in [3.8, 4) is 5.69 Å². The summed E-state index contributed by atoms with van der Waals surface area (Å²) in [6.07, 6.45) is 0. The highest BCUT2D eigenvalue weighted by Gasteiger charge is 2.18. The van der Waals surface area contributed by atoms with Crippen molar-refractivity contribution in [2.24, 2.45) is 0 Å². The Morgan fingerprint density at radius 2 is 1.83 bits per heavy atom. The molecule has 1 aromatic heterocycles. The minimum atomic E-state index is -0.498. The lowest BCUT2D eigenvalue weighted by molar-refractivity contribution is 0.0942. The quantitative estimate of drug-likeness (QED) is 0.212. The van der Waals surface area contributed by atoms with Crippen molar-refractivity contribution >= 4 is 34.4 Å². The Labute approximate surface area is 212 Å². The number of halogens is 1. The number of rotatable bonds is 7. The van der Waals surface area contributed by atoms with Gasteiger partial charge < -0.3 is 5.32 Å². The van der Waals surface area contributed by atoms with E-state index in [9.17, 15) is 18.8 Å². The number of carbonyl (C=O) groups is 2. The molecular formula is C28H26FN3O3S. The molecule has 0 radical (unpaired) electrons. The summed E-state index contributed by atoms with van der Waals surface area (Å²) in [5.41, 5.74) is 3.11. The largest absolute Gasteiger partial charge is 0.350 e. The molecule has 4 rings (SSSR count). The van der Waals surface area contributed by atoms with Gasteiger partial charge in [0.1, 0.15) is 5.82 Å². The van der Waals surface area contributed by atoms with Gasteiger partial charge in [0.15, 0.2) is 10.9 Å². The number of hydrogen-bond donors (Lipinski definition) is 1. The minimum absolute atomic E-state index is 0.0324. The van der Waals surface area contributed by atoms with E-state index >= 15 is 0 Å². The summed E-state index contributed by atoms with van der Waals surface area (Å²) in [6, 6.07) is 15.9. The topological polar surface area (TPSA) is 81.1 Å². The number of amides is 1. The summed E-state index contributed by atoms with van der Waals surface area (Å²) in [7, 11) is 0. The van der Waals surface area contributed by atoms with Crippen LogP contribution < -0.4 is 10.9 Å². The van der Waals surface area contributed by atoms with Crippen molar-refractivity contribution in [3.63, 3.8) is 0 Å². The van der Waals surface area contributed by atoms with Gasteiger partial charge in [-0.2, -0.15) is 0 Å². The first-order valence-corrected chi connectivity index (χ1v) is 12.5. The lowest BCUT2D eigenvalue weighted by Gasteiger charge is -2.14. The Bertz CT molecular complexity index is 1550. The molecule has 0 spiro atoms. The van der Waals surface area contributed by atoms with E-state index in [4.69, 9.17) is 0 Å². The number of ketones is 1. The number of aryl methyl sites for hydroxylation is 2. The molecule has 3 aromatic carbocycles. The molecule has 0 unspecified atom stereocenters. The molecule has 0 bridgehead atoms. The Balaban J connectivity index is 1.79. The molecule has 0 saturated heterocycles. The number of fused-ring (bicyclic) bond motifs is 1. The minimum Gasteiger partial charge on any atom is -0.350 e. The van der Waals surface area contributed by atoms with E-state index in [0.29, 0.717) is 22.3 Å². The molecule has 8 heteroatoms. The Hall–Kier alpha value is -3.78. The highest BCUT2D eigenvalue weighted by atomic mass is 32.2. The monoisotopic (exact) mass is 503 g/mol. The summed E-state index contributed by atoms with van der Waals surface area (Å²) in [5, 5.41) is 3.34. The van der Waals surface area contributed by atoms with Crippen LogP contribution in [0.4, 0.5) is 4.39 Å². The fourth-order valence-corrected chi connectivity index (χ4v) is 4.82. The van der Waals surface area contributed by atoms with Crippen molar-refractivity contribution in [3.05, 3.63) is 99.1 Å². The van der Waals surface area contributed by atoms with Crippen LogP contribution in [-0.2, 0) is 0 Å². The second-order valence-electron chi connectivity index (χ2n) is 8.91. The number of carbonyl (C=O) groups excluding carboxylic acids is 2. The summed E-state index contributed by atoms with van der Waals surface area (Å²) >= 11 is 1.10. The SMILES string of the molecule is Cc1ccc(C(=O)CSc2nc3cc(C(=O)NC(C)C)ccc3c(=O)n2-c2cccc(F)c2)c(C)c1. The summed E-state index contributed by atoms with van der Waals surface area (Å²) in [6.45, 7) is 7.56. The van der Waals surface area contributed by atoms with Crippen molar-refractivity contribution in [2.45, 2.75) is 38.9 Å². The molecule has 4 aromatic rings. The van der Waals surface area contributed by atoms with E-state index in [-0.39, 0.29) is 34.0 Å². The van der Waals surface area contributed by atoms with Crippen LogP contribution in [0.5, 0.6) is 0 Å². The smallest absolute Gasteiger partial charge is 0.266 e. The Morgan fingerprint density at radius 3 is 2.53 bits per heavy atom. The van der Waals surface area contributed by atoms with Crippen LogP contribution in [0.25, 0.3) is 16.6 Å². The average molecular weight is 504 g/mol. The fraction of sp³-hybridized carbons (Fsp3) is 0.214. The molecule has 0 saturated carbocycles. The van der Waals surface area contributed by atoms with Crippen LogP contribution in [0.2, 0.25) is 0 Å². The van der Waals surface area contributed by atoms with E-state index in [1.165, 1.54) is 22.8 Å². The molecule has 0 aliphatic heterocycles. The third-order valence-electron chi connectivity index (χ3n) is 5.60. The Morgan fingerprint density at radius 1 is 1.06 bits per heavy atom. The first-order valence-electron chi connectivity index (χ1n) is 11.5. The van der Waals surface area contributed by atoms with E-state index < -0.39 is 11.4 Å². The number of nitrogens with zero attached hydrogens (tertiary/aromatic N) is 2. The van der Waals surface area contributed by atoms with Crippen LogP contribution in [0.3, 0.4) is 0 Å². The van der Waals surface area contributed by atoms with Crippen LogP contribution >= 0.6 is 11.8 Å². The lowest BCUT2D eigenvalue weighted by Crippen LogP contribution is -2.30. The first-order chi connectivity index (χ1) is 17.1. The second-order valence-corrected chi connectivity index (χ2v) is 9.85. The van der Waals surface area contributed by atoms with Gasteiger partial charge in [0.05, 0.1) is 22.3 Å². The number of benzene rings is 3. The van der Waals surface area contributed by atoms with Crippen molar-refractivity contribution in [1.82, 2.24) is 14.9 Å². The van der Waals surface area contributed by atoms with Crippen LogP contribution in [0.15, 0.2) is 70.6 Å². The zero-order chi connectivity index (χ0) is 26.0. The number of thioether (sulfide) groups is 1. The maximum atomic E-state index is 14.0. The van der Waals surface area contributed by atoms with Crippen LogP contribution in [0.1, 0.15) is 45.7 Å². The van der Waals surface area contributed by atoms with Gasteiger partial charge in [0, 0.05) is 17.2 Å². The molecule has 1 amide bonds. The molecule has 0 aliphatic rings. The standard InChI is InChI=1S/C28H26FN3O3S/c1-16(2)30-26(34)19-9-11-23-24(13-19)31-28(32(27(23)35)21-7-5-6-20(29)14-21)36-15-25(33)22-10-8-17(3)12-18(22)4/h5-14,16H,15H2,1-4H3,(H,30,34). The van der Waals surface area contributed by atoms with E-state index in [1.54, 1.807) is 30.3 Å². The van der Waals surface area contributed by atoms with Gasteiger partial charge >= 0.3 is 0 Å². The third kappa shape index (κ3) is 5.39. The van der Waals surface area contributed by atoms with Crippen LogP contribution in [-0.4, -0.2) is 33.0 Å². The molecule has 36 heavy (non-hydrogen) atoms. The highest BCUT2D eigenvalue weighted by Crippen LogP contribution is 2.24. The molecular weight excluding hydrogens is 477 g/mol. The molecule has 0 fully saturated rings. The van der Waals surface area contributed by atoms with Gasteiger partial charge in [-0.25, -0.2) is 9.37 Å². The molecule has 1 N–H and O–H groups in total. The first kappa shape index (κ1) is 25.3. The predicted molar refractivity (Wildman–Crippen MR) is 141 cm³/mol. The van der Waals surface area contributed by atoms with E-state index in [1.807, 2.05) is 39.8 Å². The zero-order valence-corrected chi connectivity index (χ0v) is 21.3. The maximum absolute atomic E-state index is 14.0. The van der Waals surface area contributed by atoms with E-state index in [2.05, 4.69) is 10.3 Å². The number of Topliss-reactive ketones (excluding diaryl/α,β-unsaturated/α-hetero) is 1. The number of hydrogen-bond acceptors (Lipinski definition) is 5.